The Labute approximate surface area is 267 Å². The van der Waals surface area contributed by atoms with Crippen LogP contribution in [0.15, 0.2) is 64.0 Å². The van der Waals surface area contributed by atoms with E-state index in [1.807, 2.05) is 0 Å². The minimum absolute atomic E-state index is 0.000198. The molecule has 4 rings (SSSR count). The molecule has 0 aromatic heterocycles. The van der Waals surface area contributed by atoms with Gasteiger partial charge in [-0.05, 0) is 78.4 Å². The highest BCUT2D eigenvalue weighted by Gasteiger charge is 2.37. The smallest absolute Gasteiger partial charge is 0.416 e. The highest BCUT2D eigenvalue weighted by atomic mass is 79.9. The van der Waals surface area contributed by atoms with Crippen molar-refractivity contribution in [2.24, 2.45) is 0 Å². The van der Waals surface area contributed by atoms with Crippen molar-refractivity contribution in [3.8, 4) is 17.2 Å². The molecule has 3 amide bonds. The fourth-order valence-electron chi connectivity index (χ4n) is 4.04. The number of anilines is 1. The van der Waals surface area contributed by atoms with Crippen molar-refractivity contribution in [2.45, 2.75) is 19.7 Å². The summed E-state index contributed by atoms with van der Waals surface area (Å²) in [7, 11) is 1.22. The first-order valence-corrected chi connectivity index (χ1v) is 14.6. The van der Waals surface area contributed by atoms with Gasteiger partial charge in [-0.2, -0.15) is 13.2 Å². The molecule has 45 heavy (non-hydrogen) atoms. The van der Waals surface area contributed by atoms with Gasteiger partial charge in [0.05, 0.1) is 35.4 Å². The third kappa shape index (κ3) is 8.16. The van der Waals surface area contributed by atoms with Crippen molar-refractivity contribution in [2.75, 3.05) is 25.6 Å². The first kappa shape index (κ1) is 33.4. The zero-order valence-electron chi connectivity index (χ0n) is 23.6. The van der Waals surface area contributed by atoms with E-state index in [2.05, 4.69) is 21.2 Å². The number of aromatic carboxylic acids is 1. The van der Waals surface area contributed by atoms with E-state index in [1.54, 1.807) is 31.2 Å². The summed E-state index contributed by atoms with van der Waals surface area (Å²) in [5.41, 5.74) is 0.0243. The van der Waals surface area contributed by atoms with E-state index in [9.17, 15) is 32.3 Å². The number of nitrogens with one attached hydrogen (secondary N) is 1. The number of ether oxygens (including phenoxy) is 3. The summed E-state index contributed by atoms with van der Waals surface area (Å²) in [6.45, 7) is 1.42. The number of rotatable bonds is 11. The molecule has 0 bridgehead atoms. The van der Waals surface area contributed by atoms with Gasteiger partial charge in [-0.25, -0.2) is 4.79 Å². The molecule has 0 atom stereocenters. The zero-order valence-corrected chi connectivity index (χ0v) is 26.0. The maximum absolute atomic E-state index is 13.2. The third-order valence-corrected chi connectivity index (χ3v) is 7.82. The summed E-state index contributed by atoms with van der Waals surface area (Å²) in [6.07, 6.45) is -3.24. The van der Waals surface area contributed by atoms with Crippen LogP contribution in [0.25, 0.3) is 6.08 Å². The van der Waals surface area contributed by atoms with Crippen LogP contribution in [0.1, 0.15) is 34.0 Å². The Morgan fingerprint density at radius 1 is 1.02 bits per heavy atom. The topological polar surface area (TPSA) is 131 Å². The number of nitrogens with zero attached hydrogens (tertiary/aromatic N) is 1. The number of carboxylic acids is 1. The molecule has 0 unspecified atom stereocenters. The molecular formula is C30H24BrF3N2O8S. The van der Waals surface area contributed by atoms with Crippen molar-refractivity contribution in [1.29, 1.82) is 0 Å². The molecule has 1 fully saturated rings. The molecule has 0 spiro atoms. The Morgan fingerprint density at radius 3 is 2.33 bits per heavy atom. The van der Waals surface area contributed by atoms with Crippen LogP contribution in [0.5, 0.6) is 17.2 Å². The number of benzene rings is 3. The maximum atomic E-state index is 13.2. The predicted octanol–water partition coefficient (Wildman–Crippen LogP) is 6.83. The van der Waals surface area contributed by atoms with E-state index in [1.165, 1.54) is 25.3 Å². The fraction of sp³-hybridized carbons (Fsp3) is 0.200. The minimum atomic E-state index is -4.67. The van der Waals surface area contributed by atoms with Gasteiger partial charge in [0.2, 0.25) is 5.91 Å². The molecule has 3 aromatic rings. The number of thioether (sulfide) groups is 1. The fourth-order valence-corrected chi connectivity index (χ4v) is 5.31. The molecule has 1 saturated heterocycles. The maximum Gasteiger partial charge on any atom is 0.416 e. The number of alkyl halides is 3. The van der Waals surface area contributed by atoms with Crippen molar-refractivity contribution in [3.05, 3.63) is 86.2 Å². The molecule has 236 valence electrons. The molecule has 2 N–H and O–H groups in total. The third-order valence-electron chi connectivity index (χ3n) is 6.22. The Kier molecular flexibility index (Phi) is 10.4. The van der Waals surface area contributed by atoms with Gasteiger partial charge in [0, 0.05) is 4.47 Å². The van der Waals surface area contributed by atoms with Crippen LogP contribution in [0.4, 0.5) is 23.7 Å². The Morgan fingerprint density at radius 2 is 1.71 bits per heavy atom. The van der Waals surface area contributed by atoms with E-state index in [0.717, 1.165) is 12.1 Å². The lowest BCUT2D eigenvalue weighted by Crippen LogP contribution is -2.36. The summed E-state index contributed by atoms with van der Waals surface area (Å²) in [4.78, 5) is 50.2. The van der Waals surface area contributed by atoms with E-state index in [0.29, 0.717) is 49.8 Å². The quantitative estimate of drug-likeness (QED) is 0.206. The number of carbonyl (C=O) groups excluding carboxylic acids is 3. The molecule has 0 radical (unpaired) electrons. The average Bonchev–Trinajstić information content (AvgIpc) is 3.24. The highest BCUT2D eigenvalue weighted by molar-refractivity contribution is 9.10. The van der Waals surface area contributed by atoms with E-state index < -0.39 is 41.3 Å². The van der Waals surface area contributed by atoms with E-state index >= 15 is 0 Å². The van der Waals surface area contributed by atoms with E-state index in [-0.39, 0.29) is 35.1 Å². The molecule has 10 nitrogen and oxygen atoms in total. The highest BCUT2D eigenvalue weighted by Crippen LogP contribution is 2.39. The SMILES string of the molecule is CCOc1cc(/C=C2\SC(=O)N(CC(=O)Nc3cc(C(F)(F)F)ccc3OC)C2=O)c(Br)cc1OCc1ccc(C(=O)O)cc1. The molecule has 0 aliphatic carbocycles. The van der Waals surface area contributed by atoms with Crippen LogP contribution < -0.4 is 19.5 Å². The summed E-state index contributed by atoms with van der Waals surface area (Å²) in [5.74, 6) is -2.07. The van der Waals surface area contributed by atoms with Gasteiger partial charge in [-0.1, -0.05) is 28.1 Å². The summed E-state index contributed by atoms with van der Waals surface area (Å²) >= 11 is 4.02. The van der Waals surface area contributed by atoms with Gasteiger partial charge in [-0.3, -0.25) is 19.3 Å². The zero-order chi connectivity index (χ0) is 32.9. The monoisotopic (exact) mass is 708 g/mol. The van der Waals surface area contributed by atoms with Crippen LogP contribution in [-0.4, -0.2) is 53.3 Å². The van der Waals surface area contributed by atoms with Gasteiger partial charge < -0.3 is 24.6 Å². The summed E-state index contributed by atoms with van der Waals surface area (Å²) < 4.78 is 56.6. The Balaban J connectivity index is 1.49. The number of hydrogen-bond donors (Lipinski definition) is 2. The van der Waals surface area contributed by atoms with Crippen LogP contribution >= 0.6 is 27.7 Å². The van der Waals surface area contributed by atoms with Crippen LogP contribution in [-0.2, 0) is 22.4 Å². The van der Waals surface area contributed by atoms with Gasteiger partial charge in [-0.15, -0.1) is 0 Å². The van der Waals surface area contributed by atoms with Crippen LogP contribution in [0.3, 0.4) is 0 Å². The number of imide groups is 1. The van der Waals surface area contributed by atoms with Crippen molar-refractivity contribution < 1.29 is 51.7 Å². The number of carbonyl (C=O) groups is 4. The minimum Gasteiger partial charge on any atom is -0.495 e. The number of carboxylic acid groups (broad SMARTS) is 1. The molecule has 3 aromatic carbocycles. The van der Waals surface area contributed by atoms with Gasteiger partial charge in [0.25, 0.3) is 11.1 Å². The first-order valence-electron chi connectivity index (χ1n) is 13.0. The van der Waals surface area contributed by atoms with Crippen molar-refractivity contribution in [3.63, 3.8) is 0 Å². The van der Waals surface area contributed by atoms with Crippen molar-refractivity contribution >= 4 is 62.5 Å². The predicted molar refractivity (Wildman–Crippen MR) is 162 cm³/mol. The van der Waals surface area contributed by atoms with Crippen LogP contribution in [0, 0.1) is 0 Å². The Bertz CT molecular complexity index is 1680. The number of amides is 3. The number of hydrogen-bond acceptors (Lipinski definition) is 8. The lowest BCUT2D eigenvalue weighted by Gasteiger charge is -2.16. The molecule has 1 heterocycles. The van der Waals surface area contributed by atoms with Gasteiger partial charge in [0.15, 0.2) is 11.5 Å². The lowest BCUT2D eigenvalue weighted by atomic mass is 10.1. The normalized spacial score (nSPS) is 14.1. The van der Waals surface area contributed by atoms with Crippen LogP contribution in [0.2, 0.25) is 0 Å². The second-order valence-corrected chi connectivity index (χ2v) is 11.1. The number of halogens is 4. The largest absolute Gasteiger partial charge is 0.495 e. The van der Waals surface area contributed by atoms with Crippen molar-refractivity contribution in [1.82, 2.24) is 4.90 Å². The summed E-state index contributed by atoms with van der Waals surface area (Å²) in [6, 6.07) is 11.9. The van der Waals surface area contributed by atoms with Gasteiger partial charge >= 0.3 is 12.1 Å². The molecule has 0 saturated carbocycles. The Hall–Kier alpha value is -4.50. The molecule has 1 aliphatic rings. The number of methoxy groups -OCH3 is 1. The lowest BCUT2D eigenvalue weighted by molar-refractivity contribution is -0.137. The molecule has 15 heteroatoms. The standard InChI is InChI=1S/C30H24BrF3N2O8S/c1-3-43-23-10-18(20(31)13-24(23)44-15-16-4-6-17(7-5-16)28(39)40)11-25-27(38)36(29(41)45-25)14-26(37)35-21-12-19(30(32,33)34)8-9-22(21)42-2/h4-13H,3,14-15H2,1-2H3,(H,35,37)(H,39,40)/b25-11-. The average molecular weight is 709 g/mol. The van der Waals surface area contributed by atoms with E-state index in [4.69, 9.17) is 19.3 Å². The van der Waals surface area contributed by atoms with Gasteiger partial charge in [0.1, 0.15) is 18.9 Å². The summed E-state index contributed by atoms with van der Waals surface area (Å²) in [5, 5.41) is 10.6. The molecule has 1 aliphatic heterocycles. The second-order valence-electron chi connectivity index (χ2n) is 9.27. The first-order chi connectivity index (χ1) is 21.3. The molecular weight excluding hydrogens is 685 g/mol. The second kappa shape index (κ2) is 14.1.